The van der Waals surface area contributed by atoms with Crippen molar-refractivity contribution in [3.63, 3.8) is 0 Å². The number of carbonyl (C=O) groups excluding carboxylic acids is 1. The molecule has 0 aromatic heterocycles. The summed E-state index contributed by atoms with van der Waals surface area (Å²) in [6.07, 6.45) is 0. The number of para-hydroxylation sites is 1. The van der Waals surface area contributed by atoms with E-state index in [-0.39, 0.29) is 18.4 Å². The van der Waals surface area contributed by atoms with Crippen LogP contribution in [0.25, 0.3) is 0 Å². The van der Waals surface area contributed by atoms with Gasteiger partial charge in [-0.25, -0.2) is 0 Å². The quantitative estimate of drug-likeness (QED) is 0.832. The standard InChI is InChI=1S/C15H11NO4/c17-11-6-13-12(19-7-20-13)5-9(11)14-8-3-1-2-4-10(8)16-15(14)18/h1-6,14,17H,7H2,(H,16,18). The number of rotatable bonds is 1. The first kappa shape index (κ1) is 11.2. The van der Waals surface area contributed by atoms with Crippen molar-refractivity contribution in [3.05, 3.63) is 47.5 Å². The third-order valence-electron chi connectivity index (χ3n) is 3.62. The van der Waals surface area contributed by atoms with Crippen LogP contribution in [0.1, 0.15) is 17.0 Å². The molecular formula is C15H11NO4. The summed E-state index contributed by atoms with van der Waals surface area (Å²) in [4.78, 5) is 12.2. The van der Waals surface area contributed by atoms with Gasteiger partial charge in [0.15, 0.2) is 11.5 Å². The van der Waals surface area contributed by atoms with Crippen molar-refractivity contribution < 1.29 is 19.4 Å². The highest BCUT2D eigenvalue weighted by Gasteiger charge is 2.34. The maximum Gasteiger partial charge on any atom is 0.236 e. The van der Waals surface area contributed by atoms with E-state index < -0.39 is 5.92 Å². The van der Waals surface area contributed by atoms with Crippen LogP contribution in [0.2, 0.25) is 0 Å². The minimum Gasteiger partial charge on any atom is -0.507 e. The summed E-state index contributed by atoms with van der Waals surface area (Å²) in [5.41, 5.74) is 2.16. The maximum atomic E-state index is 12.2. The van der Waals surface area contributed by atoms with Gasteiger partial charge in [-0.1, -0.05) is 18.2 Å². The fourth-order valence-corrected chi connectivity index (χ4v) is 2.70. The third kappa shape index (κ3) is 1.46. The molecular weight excluding hydrogens is 258 g/mol. The summed E-state index contributed by atoms with van der Waals surface area (Å²) in [6, 6.07) is 10.6. The van der Waals surface area contributed by atoms with Crippen molar-refractivity contribution in [2.75, 3.05) is 12.1 Å². The van der Waals surface area contributed by atoms with E-state index in [2.05, 4.69) is 5.32 Å². The smallest absolute Gasteiger partial charge is 0.236 e. The molecule has 2 heterocycles. The van der Waals surface area contributed by atoms with Crippen LogP contribution in [0, 0.1) is 0 Å². The Morgan fingerprint density at radius 2 is 1.85 bits per heavy atom. The van der Waals surface area contributed by atoms with E-state index in [1.807, 2.05) is 24.3 Å². The molecule has 0 spiro atoms. The van der Waals surface area contributed by atoms with E-state index in [4.69, 9.17) is 9.47 Å². The Morgan fingerprint density at radius 1 is 1.10 bits per heavy atom. The number of nitrogens with one attached hydrogen (secondary N) is 1. The number of aromatic hydroxyl groups is 1. The van der Waals surface area contributed by atoms with Gasteiger partial charge in [0, 0.05) is 17.3 Å². The molecule has 1 unspecified atom stereocenters. The minimum absolute atomic E-state index is 0.0334. The monoisotopic (exact) mass is 269 g/mol. The zero-order chi connectivity index (χ0) is 13.7. The maximum absolute atomic E-state index is 12.2. The second-order valence-corrected chi connectivity index (χ2v) is 4.77. The first-order valence-electron chi connectivity index (χ1n) is 6.26. The molecule has 100 valence electrons. The van der Waals surface area contributed by atoms with Gasteiger partial charge in [-0.05, 0) is 17.7 Å². The van der Waals surface area contributed by atoms with Crippen LogP contribution in [0.4, 0.5) is 5.69 Å². The molecule has 2 aromatic rings. The van der Waals surface area contributed by atoms with Gasteiger partial charge in [0.1, 0.15) is 5.75 Å². The Kier molecular flexibility index (Phi) is 2.18. The van der Waals surface area contributed by atoms with Gasteiger partial charge in [-0.15, -0.1) is 0 Å². The van der Waals surface area contributed by atoms with Gasteiger partial charge in [-0.2, -0.15) is 0 Å². The number of amides is 1. The predicted octanol–water partition coefficient (Wildman–Crippen LogP) is 2.20. The highest BCUT2D eigenvalue weighted by Crippen LogP contribution is 2.45. The van der Waals surface area contributed by atoms with Gasteiger partial charge in [0.25, 0.3) is 0 Å². The number of fused-ring (bicyclic) bond motifs is 2. The zero-order valence-corrected chi connectivity index (χ0v) is 10.4. The summed E-state index contributed by atoms with van der Waals surface area (Å²) < 4.78 is 10.5. The molecule has 0 bridgehead atoms. The highest BCUT2D eigenvalue weighted by atomic mass is 16.7. The normalized spacial score (nSPS) is 18.8. The lowest BCUT2D eigenvalue weighted by Gasteiger charge is -2.12. The van der Waals surface area contributed by atoms with Crippen LogP contribution < -0.4 is 14.8 Å². The lowest BCUT2D eigenvalue weighted by atomic mass is 9.91. The van der Waals surface area contributed by atoms with E-state index in [1.54, 1.807) is 6.07 Å². The van der Waals surface area contributed by atoms with Crippen molar-refractivity contribution in [1.82, 2.24) is 0 Å². The molecule has 2 aromatic carbocycles. The van der Waals surface area contributed by atoms with Gasteiger partial charge < -0.3 is 19.9 Å². The molecule has 0 saturated heterocycles. The van der Waals surface area contributed by atoms with E-state index in [1.165, 1.54) is 6.07 Å². The van der Waals surface area contributed by atoms with E-state index in [9.17, 15) is 9.90 Å². The Hall–Kier alpha value is -2.69. The van der Waals surface area contributed by atoms with Crippen LogP contribution in [0.5, 0.6) is 17.2 Å². The van der Waals surface area contributed by atoms with E-state index in [0.717, 1.165) is 11.3 Å². The van der Waals surface area contributed by atoms with Crippen molar-refractivity contribution in [2.24, 2.45) is 0 Å². The molecule has 20 heavy (non-hydrogen) atoms. The van der Waals surface area contributed by atoms with E-state index in [0.29, 0.717) is 17.1 Å². The number of anilines is 1. The second kappa shape index (κ2) is 3.90. The third-order valence-corrected chi connectivity index (χ3v) is 3.62. The molecule has 1 amide bonds. The summed E-state index contributed by atoms with van der Waals surface area (Å²) in [7, 11) is 0. The first-order chi connectivity index (χ1) is 9.74. The molecule has 1 atom stereocenters. The summed E-state index contributed by atoms with van der Waals surface area (Å²) in [5.74, 6) is 0.403. The largest absolute Gasteiger partial charge is 0.507 e. The first-order valence-corrected chi connectivity index (χ1v) is 6.26. The number of phenolic OH excluding ortho intramolecular Hbond substituents is 1. The van der Waals surface area contributed by atoms with Crippen molar-refractivity contribution in [1.29, 1.82) is 0 Å². The Balaban J connectivity index is 1.88. The molecule has 0 saturated carbocycles. The Morgan fingerprint density at radius 3 is 2.70 bits per heavy atom. The highest BCUT2D eigenvalue weighted by molar-refractivity contribution is 6.05. The Bertz CT molecular complexity index is 726. The number of phenols is 1. The molecule has 0 radical (unpaired) electrons. The Labute approximate surface area is 114 Å². The number of hydrogen-bond donors (Lipinski definition) is 2. The van der Waals surface area contributed by atoms with Crippen molar-refractivity contribution >= 4 is 11.6 Å². The summed E-state index contributed by atoms with van der Waals surface area (Å²) >= 11 is 0. The number of hydrogen-bond acceptors (Lipinski definition) is 4. The predicted molar refractivity (Wildman–Crippen MR) is 71.1 cm³/mol. The van der Waals surface area contributed by atoms with E-state index >= 15 is 0 Å². The van der Waals surface area contributed by atoms with Crippen LogP contribution >= 0.6 is 0 Å². The molecule has 5 nitrogen and oxygen atoms in total. The van der Waals surface area contributed by atoms with Crippen LogP contribution in [-0.4, -0.2) is 17.8 Å². The van der Waals surface area contributed by atoms with Crippen molar-refractivity contribution in [3.8, 4) is 17.2 Å². The average Bonchev–Trinajstić information content (AvgIpc) is 3.00. The van der Waals surface area contributed by atoms with Crippen molar-refractivity contribution in [2.45, 2.75) is 5.92 Å². The van der Waals surface area contributed by atoms with Crippen LogP contribution in [0.3, 0.4) is 0 Å². The lowest BCUT2D eigenvalue weighted by molar-refractivity contribution is -0.116. The van der Waals surface area contributed by atoms with Gasteiger partial charge in [-0.3, -0.25) is 4.79 Å². The number of carbonyl (C=O) groups is 1. The van der Waals surface area contributed by atoms with Gasteiger partial charge in [0.2, 0.25) is 12.7 Å². The minimum atomic E-state index is -0.527. The molecule has 2 aliphatic heterocycles. The SMILES string of the molecule is O=C1Nc2ccccc2C1c1cc2c(cc1O)OCO2. The molecule has 5 heteroatoms. The molecule has 4 rings (SSSR count). The number of benzene rings is 2. The summed E-state index contributed by atoms with van der Waals surface area (Å²) in [5, 5.41) is 13.0. The average molecular weight is 269 g/mol. The molecule has 2 N–H and O–H groups in total. The van der Waals surface area contributed by atoms with Gasteiger partial charge in [0.05, 0.1) is 5.92 Å². The topological polar surface area (TPSA) is 67.8 Å². The molecule has 0 aliphatic carbocycles. The molecule has 2 aliphatic rings. The lowest BCUT2D eigenvalue weighted by Crippen LogP contribution is -2.13. The van der Waals surface area contributed by atoms with Crippen LogP contribution in [0.15, 0.2) is 36.4 Å². The molecule has 0 fully saturated rings. The fraction of sp³-hybridized carbons (Fsp3) is 0.133. The summed E-state index contributed by atoms with van der Waals surface area (Å²) in [6.45, 7) is 0.131. The zero-order valence-electron chi connectivity index (χ0n) is 10.4. The van der Waals surface area contributed by atoms with Crippen LogP contribution in [-0.2, 0) is 4.79 Å². The fourth-order valence-electron chi connectivity index (χ4n) is 2.70. The second-order valence-electron chi connectivity index (χ2n) is 4.77. The number of ether oxygens (including phenoxy) is 2. The van der Waals surface area contributed by atoms with Gasteiger partial charge >= 0.3 is 0 Å².